The Morgan fingerprint density at radius 2 is 1.73 bits per heavy atom. The molecule has 0 spiro atoms. The van der Waals surface area contributed by atoms with Crippen molar-refractivity contribution in [2.45, 2.75) is 86.9 Å². The molecule has 1 atom stereocenters. The third-order valence-electron chi connectivity index (χ3n) is 9.74. The zero-order valence-corrected chi connectivity index (χ0v) is 34.5. The zero-order valence-electron chi connectivity index (χ0n) is 32.9. The van der Waals surface area contributed by atoms with E-state index in [9.17, 15) is 33.6 Å². The lowest BCUT2D eigenvalue weighted by molar-refractivity contribution is -0.136. The van der Waals surface area contributed by atoms with E-state index in [-0.39, 0.29) is 53.6 Å². The summed E-state index contributed by atoms with van der Waals surface area (Å²) < 4.78 is 5.42. The molecule has 3 aliphatic heterocycles. The maximum Gasteiger partial charge on any atom is 0.408 e. The first kappa shape index (κ1) is 42.7. The Morgan fingerprint density at radius 1 is 1.02 bits per heavy atom. The lowest BCUT2D eigenvalue weighted by Gasteiger charge is -2.40. The molecular weight excluding hydrogens is 804 g/mol. The molecule has 0 bridgehead atoms. The van der Waals surface area contributed by atoms with E-state index in [0.29, 0.717) is 47.4 Å². The van der Waals surface area contributed by atoms with Crippen LogP contribution in [0.1, 0.15) is 80.5 Å². The van der Waals surface area contributed by atoms with Crippen molar-refractivity contribution in [3.8, 4) is 0 Å². The van der Waals surface area contributed by atoms with Crippen molar-refractivity contribution in [1.82, 2.24) is 30.8 Å². The molecule has 3 aromatic rings. The summed E-state index contributed by atoms with van der Waals surface area (Å²) in [7, 11) is 0. The van der Waals surface area contributed by atoms with Gasteiger partial charge in [-0.1, -0.05) is 35.5 Å². The smallest absolute Gasteiger partial charge is 0.408 e. The number of anilines is 4. The molecule has 2 saturated heterocycles. The second-order valence-corrected chi connectivity index (χ2v) is 16.9. The van der Waals surface area contributed by atoms with Crippen LogP contribution in [0.3, 0.4) is 0 Å². The summed E-state index contributed by atoms with van der Waals surface area (Å²) in [6, 6.07) is 8.59. The van der Waals surface area contributed by atoms with Crippen molar-refractivity contribution in [2.75, 3.05) is 47.4 Å². The average molecular weight is 849 g/mol. The largest absolute Gasteiger partial charge is 0.444 e. The molecule has 59 heavy (non-hydrogen) atoms. The number of fused-ring (bicyclic) bond motifs is 1. The summed E-state index contributed by atoms with van der Waals surface area (Å²) in [4.78, 5) is 101. The lowest BCUT2D eigenvalue weighted by Crippen LogP contribution is -2.54. The second kappa shape index (κ2) is 17.5. The Balaban J connectivity index is 0.965. The number of imide groups is 2. The van der Waals surface area contributed by atoms with Crippen LogP contribution in [-0.4, -0.2) is 99.8 Å². The van der Waals surface area contributed by atoms with Crippen LogP contribution in [0.15, 0.2) is 52.5 Å². The molecule has 0 saturated carbocycles. The van der Waals surface area contributed by atoms with Crippen LogP contribution >= 0.6 is 23.4 Å². The quantitative estimate of drug-likeness (QED) is 0.0865. The highest BCUT2D eigenvalue weighted by atomic mass is 35.5. The number of aromatic nitrogens is 2. The second-order valence-electron chi connectivity index (χ2n) is 15.5. The number of carbonyl (C=O) groups excluding carboxylic acids is 7. The van der Waals surface area contributed by atoms with Gasteiger partial charge in [0, 0.05) is 48.7 Å². The Labute approximate surface area is 349 Å². The molecule has 7 N–H and O–H groups in total. The molecule has 2 aromatic carbocycles. The van der Waals surface area contributed by atoms with Crippen LogP contribution in [0.5, 0.6) is 0 Å². The minimum Gasteiger partial charge on any atom is -0.444 e. The van der Waals surface area contributed by atoms with Crippen molar-refractivity contribution in [2.24, 2.45) is 0 Å². The van der Waals surface area contributed by atoms with E-state index in [1.165, 1.54) is 17.8 Å². The SMILES string of the molecule is CC1(NC(=O)OC(C)(C)C)CCN(c2cnc(Sc3cccc(NC(=O)CC(=O)NCCNc4cccc5c4C(=O)N(C4CCC(=O)NC4=O)C5=O)c3Cl)c(N)n2)CC1. The van der Waals surface area contributed by atoms with Gasteiger partial charge in [-0.2, -0.15) is 0 Å². The van der Waals surface area contributed by atoms with Crippen molar-refractivity contribution in [3.05, 3.63) is 58.7 Å². The monoisotopic (exact) mass is 848 g/mol. The summed E-state index contributed by atoms with van der Waals surface area (Å²) >= 11 is 7.84. The Hall–Kier alpha value is -5.95. The number of nitrogens with zero attached hydrogens (tertiary/aromatic N) is 4. The fraction of sp³-hybridized carbons (Fsp3) is 0.410. The van der Waals surface area contributed by atoms with Crippen LogP contribution in [0.2, 0.25) is 5.02 Å². The number of piperidine rings is 2. The molecule has 1 unspecified atom stereocenters. The number of carbonyl (C=O) groups is 7. The fourth-order valence-electron chi connectivity index (χ4n) is 6.77. The number of hydrogen-bond acceptors (Lipinski definition) is 14. The minimum absolute atomic E-state index is 0.00689. The number of ether oxygens (including phenoxy) is 1. The molecule has 312 valence electrons. The number of amides is 7. The third kappa shape index (κ3) is 10.2. The van der Waals surface area contributed by atoms with Gasteiger partial charge in [-0.3, -0.25) is 39.0 Å². The molecule has 7 amide bonds. The van der Waals surface area contributed by atoms with Gasteiger partial charge in [-0.05, 0) is 71.2 Å². The number of alkyl carbamates (subject to hydrolysis) is 1. The van der Waals surface area contributed by atoms with Crippen LogP contribution in [-0.2, 0) is 23.9 Å². The van der Waals surface area contributed by atoms with E-state index in [1.807, 2.05) is 32.6 Å². The highest BCUT2D eigenvalue weighted by Gasteiger charge is 2.45. The predicted octanol–water partition coefficient (Wildman–Crippen LogP) is 3.71. The molecule has 4 heterocycles. The van der Waals surface area contributed by atoms with Gasteiger partial charge in [0.15, 0.2) is 5.82 Å². The molecule has 6 rings (SSSR count). The number of nitrogen functional groups attached to an aromatic ring is 1. The first-order chi connectivity index (χ1) is 27.9. The van der Waals surface area contributed by atoms with Gasteiger partial charge in [-0.15, -0.1) is 0 Å². The summed E-state index contributed by atoms with van der Waals surface area (Å²) in [5.41, 5.74) is 6.13. The van der Waals surface area contributed by atoms with Gasteiger partial charge >= 0.3 is 6.09 Å². The molecule has 2 fully saturated rings. The van der Waals surface area contributed by atoms with E-state index in [2.05, 4.69) is 36.6 Å². The maximum absolute atomic E-state index is 13.3. The van der Waals surface area contributed by atoms with Gasteiger partial charge in [-0.25, -0.2) is 14.8 Å². The van der Waals surface area contributed by atoms with Crippen molar-refractivity contribution >= 4 is 87.9 Å². The summed E-state index contributed by atoms with van der Waals surface area (Å²) in [5, 5.41) is 14.1. The molecule has 0 radical (unpaired) electrons. The number of nitrogens with two attached hydrogens (primary N) is 1. The third-order valence-corrected chi connectivity index (χ3v) is 11.3. The Kier molecular flexibility index (Phi) is 12.6. The average Bonchev–Trinajstić information content (AvgIpc) is 3.41. The molecular formula is C39H45ClN10O8S. The van der Waals surface area contributed by atoms with E-state index in [1.54, 1.807) is 36.5 Å². The summed E-state index contributed by atoms with van der Waals surface area (Å²) in [6.07, 6.45) is 2.04. The Bertz CT molecular complexity index is 2210. The van der Waals surface area contributed by atoms with Crippen LogP contribution in [0.4, 0.5) is 27.8 Å². The van der Waals surface area contributed by atoms with E-state index in [4.69, 9.17) is 22.1 Å². The molecule has 18 nitrogen and oxygen atoms in total. The Morgan fingerprint density at radius 3 is 2.42 bits per heavy atom. The number of hydrogen-bond donors (Lipinski definition) is 6. The first-order valence-corrected chi connectivity index (χ1v) is 20.1. The lowest BCUT2D eigenvalue weighted by atomic mass is 9.90. The van der Waals surface area contributed by atoms with E-state index >= 15 is 0 Å². The summed E-state index contributed by atoms with van der Waals surface area (Å²) in [6.45, 7) is 8.89. The highest BCUT2D eigenvalue weighted by Crippen LogP contribution is 2.39. The first-order valence-electron chi connectivity index (χ1n) is 18.9. The number of benzene rings is 2. The number of rotatable bonds is 12. The maximum atomic E-state index is 13.3. The highest BCUT2D eigenvalue weighted by molar-refractivity contribution is 7.99. The van der Waals surface area contributed by atoms with Gasteiger partial charge in [0.1, 0.15) is 28.9 Å². The minimum atomic E-state index is -1.09. The normalized spacial score (nSPS) is 17.5. The topological polar surface area (TPSA) is 247 Å². The van der Waals surface area contributed by atoms with E-state index < -0.39 is 65.1 Å². The van der Waals surface area contributed by atoms with Crippen molar-refractivity contribution < 1.29 is 38.3 Å². The van der Waals surface area contributed by atoms with Crippen LogP contribution in [0.25, 0.3) is 0 Å². The molecule has 3 aliphatic rings. The zero-order chi connectivity index (χ0) is 42.6. The van der Waals surface area contributed by atoms with Crippen molar-refractivity contribution in [3.63, 3.8) is 0 Å². The van der Waals surface area contributed by atoms with Gasteiger partial charge in [0.05, 0.1) is 28.0 Å². The standard InChI is InChI=1S/C39H45ClN10O8S/c1-38(2,3)58-37(57)48-39(4)13-17-49(18-14-39)26-20-44-34(32(41)46-26)59-25-10-6-9-23(31(25)40)45-29(53)19-28(52)43-16-15-42-22-8-5-7-21-30(22)36(56)50(35(21)55)24-11-12-27(51)47-33(24)54/h5-10,20,24,42H,11-19H2,1-4H3,(H2,41,46)(H,43,52)(H,45,53)(H,48,57)(H,47,51,54). The fourth-order valence-corrected chi connectivity index (χ4v) is 7.87. The van der Waals surface area contributed by atoms with Gasteiger partial charge in [0.2, 0.25) is 23.6 Å². The summed E-state index contributed by atoms with van der Waals surface area (Å²) in [5.74, 6) is -2.85. The predicted molar refractivity (Wildman–Crippen MR) is 219 cm³/mol. The van der Waals surface area contributed by atoms with E-state index in [0.717, 1.165) is 4.90 Å². The molecule has 20 heteroatoms. The van der Waals surface area contributed by atoms with Crippen molar-refractivity contribution in [1.29, 1.82) is 0 Å². The van der Waals surface area contributed by atoms with Crippen LogP contribution in [0, 0.1) is 0 Å². The molecule has 1 aromatic heterocycles. The number of nitrogens with one attached hydrogen (secondary N) is 5. The number of halogens is 1. The van der Waals surface area contributed by atoms with Crippen LogP contribution < -0.4 is 37.2 Å². The van der Waals surface area contributed by atoms with Gasteiger partial charge < -0.3 is 36.6 Å². The molecule has 0 aliphatic carbocycles. The van der Waals surface area contributed by atoms with Gasteiger partial charge in [0.25, 0.3) is 11.8 Å².